The van der Waals surface area contributed by atoms with Gasteiger partial charge in [-0.2, -0.15) is 5.10 Å². The number of amides is 1. The van der Waals surface area contributed by atoms with Gasteiger partial charge in [-0.1, -0.05) is 19.3 Å². The van der Waals surface area contributed by atoms with Gasteiger partial charge in [-0.3, -0.25) is 9.48 Å². The summed E-state index contributed by atoms with van der Waals surface area (Å²) in [5, 5.41) is 13.8. The summed E-state index contributed by atoms with van der Waals surface area (Å²) in [6.45, 7) is 1.78. The van der Waals surface area contributed by atoms with Crippen molar-refractivity contribution in [2.24, 2.45) is 0 Å². The highest BCUT2D eigenvalue weighted by molar-refractivity contribution is 5.95. The highest BCUT2D eigenvalue weighted by Gasteiger charge is 2.36. The van der Waals surface area contributed by atoms with Crippen molar-refractivity contribution in [3.8, 4) is 0 Å². The van der Waals surface area contributed by atoms with Crippen LogP contribution in [0.15, 0.2) is 6.20 Å². The van der Waals surface area contributed by atoms with Crippen molar-refractivity contribution in [2.45, 2.75) is 63.7 Å². The molecule has 0 unspecified atom stereocenters. The fourth-order valence-electron chi connectivity index (χ4n) is 3.76. The molecule has 122 valence electrons. The van der Waals surface area contributed by atoms with Crippen molar-refractivity contribution in [1.29, 1.82) is 0 Å². The molecule has 22 heavy (non-hydrogen) atoms. The number of hydrogen-bond acceptors (Lipinski definition) is 3. The monoisotopic (exact) mass is 309 g/mol. The average Bonchev–Trinajstić information content (AvgIpc) is 3.10. The lowest BCUT2D eigenvalue weighted by Crippen LogP contribution is -2.38. The number of carbonyl (C=O) groups is 1. The zero-order valence-electron chi connectivity index (χ0n) is 13.0. The van der Waals surface area contributed by atoms with E-state index < -0.39 is 12.2 Å². The van der Waals surface area contributed by atoms with Crippen LogP contribution in [0.4, 0.5) is 4.39 Å². The summed E-state index contributed by atoms with van der Waals surface area (Å²) in [6, 6.07) is -0.0450. The number of aromatic nitrogens is 2. The topological polar surface area (TPSA) is 58.4 Å². The number of carbonyl (C=O) groups excluding carboxylic acids is 1. The normalized spacial score (nSPS) is 26.6. The summed E-state index contributed by atoms with van der Waals surface area (Å²) in [4.78, 5) is 14.1. The molecule has 1 aromatic rings. The maximum atomic E-state index is 13.6. The quantitative estimate of drug-likeness (QED) is 0.931. The standard InChI is InChI=1S/C16H24FN3O2/c1-11-15(8-18-20(11)13-5-3-2-4-6-13)16(22)19-9-12(17)7-14(19)10-21/h8,12-14,21H,2-7,9-10H2,1H3/t12-,14-/m0/s1. The van der Waals surface area contributed by atoms with Crippen LogP contribution >= 0.6 is 0 Å². The molecule has 1 N–H and O–H groups in total. The molecule has 1 amide bonds. The highest BCUT2D eigenvalue weighted by Crippen LogP contribution is 2.30. The first-order valence-corrected chi connectivity index (χ1v) is 8.21. The molecule has 2 aliphatic rings. The van der Waals surface area contributed by atoms with Crippen molar-refractivity contribution in [2.75, 3.05) is 13.2 Å². The molecule has 2 heterocycles. The van der Waals surface area contributed by atoms with Crippen LogP contribution in [-0.4, -0.2) is 51.1 Å². The van der Waals surface area contributed by atoms with Crippen molar-refractivity contribution in [3.05, 3.63) is 17.5 Å². The molecule has 2 fully saturated rings. The third kappa shape index (κ3) is 2.76. The van der Waals surface area contributed by atoms with Gasteiger partial charge in [-0.05, 0) is 19.8 Å². The second-order valence-corrected chi connectivity index (χ2v) is 6.51. The molecular weight excluding hydrogens is 285 g/mol. The van der Waals surface area contributed by atoms with E-state index in [1.54, 1.807) is 6.20 Å². The van der Waals surface area contributed by atoms with Crippen LogP contribution in [0.25, 0.3) is 0 Å². The molecule has 0 aromatic carbocycles. The van der Waals surface area contributed by atoms with Crippen molar-refractivity contribution in [1.82, 2.24) is 14.7 Å². The molecule has 5 nitrogen and oxygen atoms in total. The van der Waals surface area contributed by atoms with Gasteiger partial charge in [0, 0.05) is 12.1 Å². The summed E-state index contributed by atoms with van der Waals surface area (Å²) < 4.78 is 15.5. The predicted octanol–water partition coefficient (Wildman–Crippen LogP) is 2.24. The van der Waals surface area contributed by atoms with E-state index in [0.717, 1.165) is 18.5 Å². The van der Waals surface area contributed by atoms with Crippen LogP contribution in [0.3, 0.4) is 0 Å². The summed E-state index contributed by atoms with van der Waals surface area (Å²) in [5.74, 6) is -0.209. The largest absolute Gasteiger partial charge is 0.394 e. The lowest BCUT2D eigenvalue weighted by molar-refractivity contribution is 0.0672. The second kappa shape index (κ2) is 6.36. The maximum absolute atomic E-state index is 13.6. The maximum Gasteiger partial charge on any atom is 0.257 e. The molecule has 3 rings (SSSR count). The highest BCUT2D eigenvalue weighted by atomic mass is 19.1. The number of nitrogens with zero attached hydrogens (tertiary/aromatic N) is 3. The summed E-state index contributed by atoms with van der Waals surface area (Å²) in [6.07, 6.45) is 6.66. The first kappa shape index (κ1) is 15.5. The van der Waals surface area contributed by atoms with E-state index in [2.05, 4.69) is 5.10 Å². The fraction of sp³-hybridized carbons (Fsp3) is 0.750. The van der Waals surface area contributed by atoms with Crippen LogP contribution in [-0.2, 0) is 0 Å². The zero-order valence-corrected chi connectivity index (χ0v) is 13.0. The molecular formula is C16H24FN3O2. The Balaban J connectivity index is 1.80. The van der Waals surface area contributed by atoms with Gasteiger partial charge < -0.3 is 10.0 Å². The average molecular weight is 309 g/mol. The van der Waals surface area contributed by atoms with Crippen LogP contribution in [0.2, 0.25) is 0 Å². The number of rotatable bonds is 3. The van der Waals surface area contributed by atoms with Crippen molar-refractivity contribution < 1.29 is 14.3 Å². The number of aliphatic hydroxyl groups excluding tert-OH is 1. The Bertz CT molecular complexity index is 539. The van der Waals surface area contributed by atoms with Gasteiger partial charge in [-0.15, -0.1) is 0 Å². The summed E-state index contributed by atoms with van der Waals surface area (Å²) in [7, 11) is 0. The first-order chi connectivity index (χ1) is 10.6. The van der Waals surface area contributed by atoms with E-state index in [1.165, 1.54) is 24.2 Å². The first-order valence-electron chi connectivity index (χ1n) is 8.21. The Morgan fingerprint density at radius 1 is 1.41 bits per heavy atom. The molecule has 1 saturated heterocycles. The number of halogens is 1. The van der Waals surface area contributed by atoms with E-state index >= 15 is 0 Å². The minimum atomic E-state index is -1.05. The van der Waals surface area contributed by atoms with Gasteiger partial charge in [0.2, 0.25) is 0 Å². The van der Waals surface area contributed by atoms with Gasteiger partial charge in [0.05, 0.1) is 37.0 Å². The minimum Gasteiger partial charge on any atom is -0.394 e. The number of alkyl halides is 1. The number of aliphatic hydroxyl groups is 1. The Hall–Kier alpha value is -1.43. The Labute approximate surface area is 130 Å². The molecule has 0 spiro atoms. The Kier molecular flexibility index (Phi) is 4.47. The van der Waals surface area contributed by atoms with E-state index in [9.17, 15) is 14.3 Å². The molecule has 0 radical (unpaired) electrons. The SMILES string of the molecule is Cc1c(C(=O)N2C[C@@H](F)C[C@H]2CO)cnn1C1CCCCC1. The van der Waals surface area contributed by atoms with E-state index in [-0.39, 0.29) is 25.5 Å². The molecule has 1 aliphatic carbocycles. The van der Waals surface area contributed by atoms with Crippen LogP contribution in [0, 0.1) is 6.92 Å². The van der Waals surface area contributed by atoms with Crippen molar-refractivity contribution >= 4 is 5.91 Å². The summed E-state index contributed by atoms with van der Waals surface area (Å²) >= 11 is 0. The summed E-state index contributed by atoms with van der Waals surface area (Å²) in [5.41, 5.74) is 1.40. The molecule has 1 aromatic heterocycles. The molecule has 1 aliphatic heterocycles. The van der Waals surface area contributed by atoms with Gasteiger partial charge in [0.1, 0.15) is 6.17 Å². The Morgan fingerprint density at radius 2 is 2.14 bits per heavy atom. The fourth-order valence-corrected chi connectivity index (χ4v) is 3.76. The van der Waals surface area contributed by atoms with Gasteiger partial charge in [0.15, 0.2) is 0 Å². The minimum absolute atomic E-state index is 0.0676. The lowest BCUT2D eigenvalue weighted by atomic mass is 9.95. The van der Waals surface area contributed by atoms with Crippen LogP contribution < -0.4 is 0 Å². The lowest BCUT2D eigenvalue weighted by Gasteiger charge is -2.24. The molecule has 2 atom stereocenters. The van der Waals surface area contributed by atoms with E-state index in [4.69, 9.17) is 0 Å². The predicted molar refractivity (Wildman–Crippen MR) is 80.5 cm³/mol. The third-order valence-corrected chi connectivity index (χ3v) is 5.03. The molecule has 0 bridgehead atoms. The van der Waals surface area contributed by atoms with Crippen LogP contribution in [0.5, 0.6) is 0 Å². The van der Waals surface area contributed by atoms with E-state index in [1.807, 2.05) is 11.6 Å². The van der Waals surface area contributed by atoms with Gasteiger partial charge in [-0.25, -0.2) is 4.39 Å². The second-order valence-electron chi connectivity index (χ2n) is 6.51. The smallest absolute Gasteiger partial charge is 0.257 e. The zero-order chi connectivity index (χ0) is 15.7. The van der Waals surface area contributed by atoms with Gasteiger partial charge in [0.25, 0.3) is 5.91 Å². The van der Waals surface area contributed by atoms with Crippen molar-refractivity contribution in [3.63, 3.8) is 0 Å². The number of likely N-dealkylation sites (tertiary alicyclic amines) is 1. The third-order valence-electron chi connectivity index (χ3n) is 5.03. The molecule has 6 heteroatoms. The Morgan fingerprint density at radius 3 is 2.82 bits per heavy atom. The van der Waals surface area contributed by atoms with Crippen LogP contribution in [0.1, 0.15) is 60.6 Å². The number of hydrogen-bond donors (Lipinski definition) is 1. The van der Waals surface area contributed by atoms with E-state index in [0.29, 0.717) is 11.6 Å². The molecule has 1 saturated carbocycles. The van der Waals surface area contributed by atoms with Gasteiger partial charge >= 0.3 is 0 Å².